The zero-order valence-electron chi connectivity index (χ0n) is 9.96. The van der Waals surface area contributed by atoms with Crippen LogP contribution in [0.15, 0.2) is 30.3 Å². The van der Waals surface area contributed by atoms with E-state index < -0.39 is 0 Å². The van der Waals surface area contributed by atoms with Gasteiger partial charge in [0, 0.05) is 19.0 Å². The highest BCUT2D eigenvalue weighted by molar-refractivity contribution is 5.85. The first-order valence-corrected chi connectivity index (χ1v) is 6.01. The highest BCUT2D eigenvalue weighted by Gasteiger charge is 2.39. The van der Waals surface area contributed by atoms with Crippen LogP contribution in [0.1, 0.15) is 11.5 Å². The average Bonchev–Trinajstić information content (AvgIpc) is 2.69. The Morgan fingerprint density at radius 2 is 1.94 bits per heavy atom. The monoisotopic (exact) mass is 268 g/mol. The van der Waals surface area contributed by atoms with Gasteiger partial charge >= 0.3 is 0 Å². The molecular formula is C13H17ClN2O2. The van der Waals surface area contributed by atoms with Gasteiger partial charge in [0.25, 0.3) is 0 Å². The van der Waals surface area contributed by atoms with Crippen LogP contribution < -0.4 is 10.6 Å². The summed E-state index contributed by atoms with van der Waals surface area (Å²) in [6.07, 6.45) is 0.0938. The Kier molecular flexibility index (Phi) is 4.22. The number of halogens is 1. The lowest BCUT2D eigenvalue weighted by molar-refractivity contribution is -0.125. The molecule has 1 aromatic rings. The number of carbonyl (C=O) groups excluding carboxylic acids is 1. The van der Waals surface area contributed by atoms with E-state index >= 15 is 0 Å². The second kappa shape index (κ2) is 5.69. The lowest BCUT2D eigenvalue weighted by atomic mass is 9.93. The summed E-state index contributed by atoms with van der Waals surface area (Å²) in [6, 6.07) is 10.6. The number of rotatable bonds is 1. The molecule has 0 aromatic heterocycles. The summed E-state index contributed by atoms with van der Waals surface area (Å²) in [6.45, 7) is 1.74. The molecule has 0 bridgehead atoms. The number of fused-ring (bicyclic) bond motifs is 1. The van der Waals surface area contributed by atoms with Gasteiger partial charge in [0.2, 0.25) is 5.91 Å². The fourth-order valence-electron chi connectivity index (χ4n) is 2.67. The molecule has 2 aliphatic rings. The largest absolute Gasteiger partial charge is 0.366 e. The van der Waals surface area contributed by atoms with Crippen LogP contribution in [-0.4, -0.2) is 37.7 Å². The minimum atomic E-state index is -0.0204. The van der Waals surface area contributed by atoms with E-state index in [1.807, 2.05) is 18.2 Å². The van der Waals surface area contributed by atoms with Crippen molar-refractivity contribution in [2.24, 2.45) is 0 Å². The summed E-state index contributed by atoms with van der Waals surface area (Å²) in [5, 5.41) is 6.29. The molecule has 3 atom stereocenters. The molecule has 2 saturated heterocycles. The van der Waals surface area contributed by atoms with Crippen LogP contribution in [0.5, 0.6) is 0 Å². The molecular weight excluding hydrogens is 252 g/mol. The van der Waals surface area contributed by atoms with Gasteiger partial charge in [-0.05, 0) is 5.56 Å². The predicted molar refractivity (Wildman–Crippen MR) is 71.0 cm³/mol. The number of hydrogen-bond donors (Lipinski definition) is 2. The standard InChI is InChI=1S/C13H16N2O2.ClH/c16-12-8-17-13-10(6-14-11(13)7-15-12)9-4-2-1-3-5-9;/h1-5,10-11,13-14H,6-8H2,(H,15,16);1H/t10-,11-,13-;/m1./s1. The maximum atomic E-state index is 11.3. The van der Waals surface area contributed by atoms with E-state index in [4.69, 9.17) is 4.74 Å². The molecule has 0 radical (unpaired) electrons. The van der Waals surface area contributed by atoms with Gasteiger partial charge in [0.1, 0.15) is 6.61 Å². The van der Waals surface area contributed by atoms with Crippen molar-refractivity contribution in [3.05, 3.63) is 35.9 Å². The van der Waals surface area contributed by atoms with Crippen LogP contribution in [0, 0.1) is 0 Å². The summed E-state index contributed by atoms with van der Waals surface area (Å²) in [4.78, 5) is 11.3. The Hall–Kier alpha value is -1.10. The summed E-state index contributed by atoms with van der Waals surface area (Å²) >= 11 is 0. The van der Waals surface area contributed by atoms with Crippen molar-refractivity contribution in [3.8, 4) is 0 Å². The van der Waals surface area contributed by atoms with Gasteiger partial charge in [-0.15, -0.1) is 12.4 Å². The number of nitrogens with one attached hydrogen (secondary N) is 2. The number of carbonyl (C=O) groups is 1. The van der Waals surface area contributed by atoms with Crippen molar-refractivity contribution in [2.45, 2.75) is 18.1 Å². The second-order valence-electron chi connectivity index (χ2n) is 4.61. The van der Waals surface area contributed by atoms with Crippen molar-refractivity contribution in [1.82, 2.24) is 10.6 Å². The van der Waals surface area contributed by atoms with E-state index in [0.29, 0.717) is 12.5 Å². The summed E-state index contributed by atoms with van der Waals surface area (Å²) in [5.74, 6) is 0.321. The van der Waals surface area contributed by atoms with Crippen LogP contribution in [-0.2, 0) is 9.53 Å². The fourth-order valence-corrected chi connectivity index (χ4v) is 2.67. The Labute approximate surface area is 113 Å². The quantitative estimate of drug-likeness (QED) is 0.788. The van der Waals surface area contributed by atoms with E-state index in [0.717, 1.165) is 6.54 Å². The molecule has 0 aliphatic carbocycles. The topological polar surface area (TPSA) is 50.4 Å². The van der Waals surface area contributed by atoms with Crippen LogP contribution in [0.3, 0.4) is 0 Å². The van der Waals surface area contributed by atoms with Crippen molar-refractivity contribution in [3.63, 3.8) is 0 Å². The Balaban J connectivity index is 0.00000120. The van der Waals surface area contributed by atoms with Gasteiger partial charge in [0.15, 0.2) is 0 Å². The highest BCUT2D eigenvalue weighted by Crippen LogP contribution is 2.29. The molecule has 2 heterocycles. The minimum absolute atomic E-state index is 0. The van der Waals surface area contributed by atoms with Gasteiger partial charge in [-0.3, -0.25) is 4.79 Å². The van der Waals surface area contributed by atoms with Gasteiger partial charge in [-0.1, -0.05) is 30.3 Å². The van der Waals surface area contributed by atoms with Crippen LogP contribution in [0.25, 0.3) is 0 Å². The lowest BCUT2D eigenvalue weighted by Gasteiger charge is -2.21. The minimum Gasteiger partial charge on any atom is -0.366 e. The van der Waals surface area contributed by atoms with E-state index in [1.165, 1.54) is 5.56 Å². The lowest BCUT2D eigenvalue weighted by Crippen LogP contribution is -2.39. The molecule has 3 rings (SSSR count). The van der Waals surface area contributed by atoms with Crippen molar-refractivity contribution < 1.29 is 9.53 Å². The third-order valence-electron chi connectivity index (χ3n) is 3.55. The van der Waals surface area contributed by atoms with Crippen LogP contribution in [0.4, 0.5) is 0 Å². The maximum Gasteiger partial charge on any atom is 0.246 e. The summed E-state index contributed by atoms with van der Waals surface area (Å²) in [7, 11) is 0. The van der Waals surface area contributed by atoms with Crippen molar-refractivity contribution in [1.29, 1.82) is 0 Å². The van der Waals surface area contributed by atoms with E-state index in [2.05, 4.69) is 22.8 Å². The second-order valence-corrected chi connectivity index (χ2v) is 4.61. The molecule has 4 nitrogen and oxygen atoms in total. The molecule has 5 heteroatoms. The molecule has 0 unspecified atom stereocenters. The molecule has 98 valence electrons. The SMILES string of the molecule is Cl.O=C1CO[C@@H]2[C@@H](c3ccccc3)CN[C@@H]2CN1. The first-order chi connectivity index (χ1) is 8.34. The third kappa shape index (κ3) is 2.51. The molecule has 2 aliphatic heterocycles. The zero-order chi connectivity index (χ0) is 11.7. The first kappa shape index (κ1) is 13.3. The fraction of sp³-hybridized carbons (Fsp3) is 0.462. The summed E-state index contributed by atoms with van der Waals surface area (Å²) < 4.78 is 5.73. The molecule has 0 saturated carbocycles. The van der Waals surface area contributed by atoms with Crippen LogP contribution >= 0.6 is 12.4 Å². The predicted octanol–water partition coefficient (Wildman–Crippen LogP) is 0.679. The Morgan fingerprint density at radius 3 is 2.72 bits per heavy atom. The maximum absolute atomic E-state index is 11.3. The average molecular weight is 269 g/mol. The summed E-state index contributed by atoms with van der Waals surface area (Å²) in [5.41, 5.74) is 1.28. The van der Waals surface area contributed by atoms with Crippen molar-refractivity contribution in [2.75, 3.05) is 19.7 Å². The van der Waals surface area contributed by atoms with Crippen molar-refractivity contribution >= 4 is 18.3 Å². The normalized spacial score (nSPS) is 30.9. The number of hydrogen-bond acceptors (Lipinski definition) is 3. The first-order valence-electron chi connectivity index (χ1n) is 6.01. The number of ether oxygens (including phenoxy) is 1. The van der Waals surface area contributed by atoms with E-state index in [-0.39, 0.29) is 37.1 Å². The molecule has 2 fully saturated rings. The van der Waals surface area contributed by atoms with E-state index in [1.54, 1.807) is 0 Å². The zero-order valence-corrected chi connectivity index (χ0v) is 10.8. The highest BCUT2D eigenvalue weighted by atomic mass is 35.5. The molecule has 1 amide bonds. The Morgan fingerprint density at radius 1 is 1.17 bits per heavy atom. The van der Waals surface area contributed by atoms with Gasteiger partial charge in [-0.25, -0.2) is 0 Å². The Bertz CT molecular complexity index is 413. The molecule has 0 spiro atoms. The van der Waals surface area contributed by atoms with Crippen LogP contribution in [0.2, 0.25) is 0 Å². The van der Waals surface area contributed by atoms with Gasteiger partial charge in [0.05, 0.1) is 12.1 Å². The molecule has 18 heavy (non-hydrogen) atoms. The molecule has 1 aromatic carbocycles. The van der Waals surface area contributed by atoms with Gasteiger partial charge in [-0.2, -0.15) is 0 Å². The van der Waals surface area contributed by atoms with E-state index in [9.17, 15) is 4.79 Å². The smallest absolute Gasteiger partial charge is 0.246 e. The molecule has 2 N–H and O–H groups in total. The van der Waals surface area contributed by atoms with Gasteiger partial charge < -0.3 is 15.4 Å². The third-order valence-corrected chi connectivity index (χ3v) is 3.55. The number of amides is 1. The number of benzene rings is 1.